The van der Waals surface area contributed by atoms with Crippen LogP contribution >= 0.6 is 0 Å². The Kier molecular flexibility index (Phi) is 6.35. The van der Waals surface area contributed by atoms with Crippen molar-refractivity contribution in [2.45, 2.75) is 32.4 Å². The van der Waals surface area contributed by atoms with Crippen molar-refractivity contribution in [3.63, 3.8) is 0 Å². The van der Waals surface area contributed by atoms with Crippen LogP contribution in [0.25, 0.3) is 11.1 Å². The van der Waals surface area contributed by atoms with Crippen molar-refractivity contribution in [2.24, 2.45) is 5.92 Å². The van der Waals surface area contributed by atoms with Gasteiger partial charge < -0.3 is 15.3 Å². The van der Waals surface area contributed by atoms with E-state index in [0.29, 0.717) is 12.5 Å². The van der Waals surface area contributed by atoms with Crippen LogP contribution in [0.5, 0.6) is 0 Å². The molecule has 0 spiro atoms. The van der Waals surface area contributed by atoms with E-state index in [-0.39, 0.29) is 5.56 Å². The fourth-order valence-corrected chi connectivity index (χ4v) is 3.82. The van der Waals surface area contributed by atoms with Crippen molar-refractivity contribution in [2.75, 3.05) is 31.5 Å². The van der Waals surface area contributed by atoms with Gasteiger partial charge in [0.25, 0.3) is 0 Å². The van der Waals surface area contributed by atoms with Gasteiger partial charge in [-0.15, -0.1) is 0 Å². The molecule has 0 bridgehead atoms. The summed E-state index contributed by atoms with van der Waals surface area (Å²) in [4.78, 5) is 13.3. The van der Waals surface area contributed by atoms with Crippen molar-refractivity contribution < 1.29 is 14.3 Å². The zero-order valence-corrected chi connectivity index (χ0v) is 16.6. The molecule has 1 saturated heterocycles. The van der Waals surface area contributed by atoms with Crippen LogP contribution in [0.4, 0.5) is 10.1 Å². The number of halogens is 1. The second-order valence-electron chi connectivity index (χ2n) is 8.25. The molecule has 0 amide bonds. The number of hydrogen-bond donors (Lipinski definition) is 2. The minimum absolute atomic E-state index is 0.289. The summed E-state index contributed by atoms with van der Waals surface area (Å²) in [5.41, 5.74) is 2.26. The second kappa shape index (κ2) is 8.74. The van der Waals surface area contributed by atoms with Crippen LogP contribution in [0.15, 0.2) is 48.5 Å². The molecule has 1 aliphatic heterocycles. The molecule has 28 heavy (non-hydrogen) atoms. The molecule has 0 unspecified atom stereocenters. The first-order chi connectivity index (χ1) is 13.3. The minimum Gasteiger partial charge on any atom is -0.478 e. The van der Waals surface area contributed by atoms with Crippen LogP contribution in [0.2, 0.25) is 0 Å². The van der Waals surface area contributed by atoms with E-state index in [1.807, 2.05) is 30.3 Å². The highest BCUT2D eigenvalue weighted by Crippen LogP contribution is 2.29. The van der Waals surface area contributed by atoms with Crippen LogP contribution in [0, 0.1) is 5.92 Å². The maximum Gasteiger partial charge on any atom is 0.335 e. The van der Waals surface area contributed by atoms with Crippen molar-refractivity contribution in [1.82, 2.24) is 4.90 Å². The molecule has 1 fully saturated rings. The number of likely N-dealkylation sites (tertiary alicyclic amines) is 1. The van der Waals surface area contributed by atoms with Crippen molar-refractivity contribution in [3.8, 4) is 11.1 Å². The van der Waals surface area contributed by atoms with Crippen LogP contribution in [-0.4, -0.2) is 47.8 Å². The Morgan fingerprint density at radius 3 is 2.39 bits per heavy atom. The van der Waals surface area contributed by atoms with Gasteiger partial charge in [0.15, 0.2) is 0 Å². The van der Waals surface area contributed by atoms with Gasteiger partial charge in [-0.1, -0.05) is 30.3 Å². The van der Waals surface area contributed by atoms with Gasteiger partial charge in [0, 0.05) is 24.3 Å². The molecule has 0 radical (unpaired) electrons. The normalized spacial score (nSPS) is 16.1. The standard InChI is InChI=1S/C23H29FN2O2/c1-23(2,24)16-26-13-11-17(12-14-26)15-25-21-6-4-3-5-20(21)18-7-9-19(10-8-18)22(27)28/h3-10,17,25H,11-16H2,1-2H3,(H,27,28). The Labute approximate surface area is 166 Å². The number of hydrogen-bond acceptors (Lipinski definition) is 3. The zero-order valence-electron chi connectivity index (χ0n) is 16.6. The predicted octanol–water partition coefficient (Wildman–Crippen LogP) is 4.92. The fraction of sp³-hybridized carbons (Fsp3) is 0.435. The fourth-order valence-electron chi connectivity index (χ4n) is 3.82. The molecule has 150 valence electrons. The third-order valence-corrected chi connectivity index (χ3v) is 5.26. The number of nitrogens with one attached hydrogen (secondary N) is 1. The highest BCUT2D eigenvalue weighted by Gasteiger charge is 2.25. The summed E-state index contributed by atoms with van der Waals surface area (Å²) in [5.74, 6) is -0.345. The van der Waals surface area contributed by atoms with E-state index >= 15 is 0 Å². The molecule has 0 atom stereocenters. The van der Waals surface area contributed by atoms with Crippen LogP contribution in [-0.2, 0) is 0 Å². The van der Waals surface area contributed by atoms with E-state index in [1.165, 1.54) is 0 Å². The summed E-state index contributed by atoms with van der Waals surface area (Å²) >= 11 is 0. The number of nitrogens with zero attached hydrogens (tertiary/aromatic N) is 1. The molecule has 1 heterocycles. The summed E-state index contributed by atoms with van der Waals surface area (Å²) in [6.45, 7) is 6.55. The smallest absolute Gasteiger partial charge is 0.335 e. The van der Waals surface area contributed by atoms with Crippen LogP contribution in [0.1, 0.15) is 37.0 Å². The Bertz CT molecular complexity index is 791. The average molecular weight is 384 g/mol. The quantitative estimate of drug-likeness (QED) is 0.711. The molecule has 2 N–H and O–H groups in total. The van der Waals surface area contributed by atoms with Gasteiger partial charge in [0.05, 0.1) is 5.56 Å². The lowest BCUT2D eigenvalue weighted by Crippen LogP contribution is -2.42. The SMILES string of the molecule is CC(C)(F)CN1CCC(CNc2ccccc2-c2ccc(C(=O)O)cc2)CC1. The van der Waals surface area contributed by atoms with Crippen LogP contribution < -0.4 is 5.32 Å². The number of piperidine rings is 1. The molecule has 0 aromatic heterocycles. The van der Waals surface area contributed by atoms with E-state index in [9.17, 15) is 9.18 Å². The van der Waals surface area contributed by atoms with Crippen molar-refractivity contribution in [3.05, 3.63) is 54.1 Å². The topological polar surface area (TPSA) is 52.6 Å². The molecule has 0 aliphatic carbocycles. The van der Waals surface area contributed by atoms with Gasteiger partial charge >= 0.3 is 5.97 Å². The van der Waals surface area contributed by atoms with E-state index in [4.69, 9.17) is 5.11 Å². The Morgan fingerprint density at radius 2 is 1.79 bits per heavy atom. The maximum absolute atomic E-state index is 13.8. The average Bonchev–Trinajstić information content (AvgIpc) is 2.66. The molecular weight excluding hydrogens is 355 g/mol. The number of rotatable bonds is 7. The van der Waals surface area contributed by atoms with Gasteiger partial charge in [-0.25, -0.2) is 9.18 Å². The zero-order chi connectivity index (χ0) is 20.1. The number of aromatic carboxylic acids is 1. The Morgan fingerprint density at radius 1 is 1.14 bits per heavy atom. The van der Waals surface area contributed by atoms with Gasteiger partial charge in [0.2, 0.25) is 0 Å². The molecular formula is C23H29FN2O2. The number of alkyl halides is 1. The number of carboxylic acids is 1. The van der Waals surface area contributed by atoms with Crippen molar-refractivity contribution in [1.29, 1.82) is 0 Å². The summed E-state index contributed by atoms with van der Waals surface area (Å²) < 4.78 is 13.8. The molecule has 2 aromatic rings. The first kappa shape index (κ1) is 20.3. The highest BCUT2D eigenvalue weighted by molar-refractivity contribution is 5.89. The lowest BCUT2D eigenvalue weighted by atomic mass is 9.95. The summed E-state index contributed by atoms with van der Waals surface area (Å²) in [7, 11) is 0. The van der Waals surface area contributed by atoms with Crippen LogP contribution in [0.3, 0.4) is 0 Å². The third-order valence-electron chi connectivity index (χ3n) is 5.26. The number of anilines is 1. The predicted molar refractivity (Wildman–Crippen MR) is 112 cm³/mol. The lowest BCUT2D eigenvalue weighted by molar-refractivity contribution is 0.0697. The van der Waals surface area contributed by atoms with E-state index < -0.39 is 11.6 Å². The molecule has 3 rings (SSSR count). The largest absolute Gasteiger partial charge is 0.478 e. The van der Waals surface area contributed by atoms with Gasteiger partial charge in [-0.3, -0.25) is 0 Å². The molecule has 1 aliphatic rings. The number of carboxylic acid groups (broad SMARTS) is 1. The monoisotopic (exact) mass is 384 g/mol. The molecule has 4 nitrogen and oxygen atoms in total. The van der Waals surface area contributed by atoms with Gasteiger partial charge in [-0.05, 0) is 69.5 Å². The molecule has 5 heteroatoms. The number of benzene rings is 2. The third kappa shape index (κ3) is 5.55. The summed E-state index contributed by atoms with van der Waals surface area (Å²) in [6, 6.07) is 15.1. The number of para-hydroxylation sites is 1. The first-order valence-electron chi connectivity index (χ1n) is 9.90. The van der Waals surface area contributed by atoms with E-state index in [2.05, 4.69) is 16.3 Å². The maximum atomic E-state index is 13.8. The summed E-state index contributed by atoms with van der Waals surface area (Å²) in [6.07, 6.45) is 2.14. The van der Waals surface area contributed by atoms with Gasteiger partial charge in [0.1, 0.15) is 5.67 Å². The Hall–Kier alpha value is -2.40. The van der Waals surface area contributed by atoms with E-state index in [0.717, 1.165) is 49.3 Å². The van der Waals surface area contributed by atoms with Crippen molar-refractivity contribution >= 4 is 11.7 Å². The second-order valence-corrected chi connectivity index (χ2v) is 8.25. The summed E-state index contributed by atoms with van der Waals surface area (Å²) in [5, 5.41) is 12.6. The molecule has 0 saturated carbocycles. The van der Waals surface area contributed by atoms with E-state index in [1.54, 1.807) is 26.0 Å². The number of carbonyl (C=O) groups is 1. The first-order valence-corrected chi connectivity index (χ1v) is 9.90. The molecule has 2 aromatic carbocycles. The minimum atomic E-state index is -1.14. The van der Waals surface area contributed by atoms with Gasteiger partial charge in [-0.2, -0.15) is 0 Å². The Balaban J connectivity index is 1.59. The highest BCUT2D eigenvalue weighted by atomic mass is 19.1. The lowest BCUT2D eigenvalue weighted by Gasteiger charge is -2.34.